The normalized spacial score (nSPS) is 17.5. The molecular weight excluding hydrogens is 2490 g/mol. The van der Waals surface area contributed by atoms with Gasteiger partial charge in [0, 0.05) is 108 Å². The molecule has 1 unspecified atom stereocenters. The SMILES string of the molecule is BrCC[N+]12CCC(CC1)CC2.CC(C)(CO)CO.CC(C)(CO[Si](C)(C)C)CSC(=O)CCN1CCOCC1.CCc1ccccc1COS(C)(=O)=O.COC(=O)CCBr.COC(=O)CCl.C[N+](C)(C)CCBr.NCc1ccccc1CO.O=C(S)CCN1CCOCC1.[3H]C(S)Cc1ccccc1CC.[3H]SCCC(=O)OC.[3H]SCCCC(=O)OC.[3H]SCCC[N+](C)(C)C.[3H]SCCC[N+]12CCC(CC1)CC2.[Br-].[Br-].[Br-].[Br-]. The van der Waals surface area contributed by atoms with Gasteiger partial charge in [0.05, 0.1) is 219 Å². The molecule has 8 saturated heterocycles. The van der Waals surface area contributed by atoms with Crippen LogP contribution in [0.2, 0.25) is 19.6 Å². The Balaban J connectivity index is -0.000000205. The second kappa shape index (κ2) is 100. The number of piperidine rings is 6. The lowest BCUT2D eigenvalue weighted by molar-refractivity contribution is -0.942. The van der Waals surface area contributed by atoms with E-state index in [1.165, 1.54) is 201 Å². The molecule has 144 heavy (non-hydrogen) atoms. The predicted octanol–water partition coefficient (Wildman–Crippen LogP) is 4.85. The highest BCUT2D eigenvalue weighted by Gasteiger charge is 2.40. The minimum Gasteiger partial charge on any atom is -1.00 e. The number of carbonyl (C=O) groups is 6. The van der Waals surface area contributed by atoms with Gasteiger partial charge in [-0.05, 0) is 157 Å². The van der Waals surface area contributed by atoms with Crippen molar-refractivity contribution in [3.8, 4) is 0 Å². The van der Waals surface area contributed by atoms with E-state index in [-0.39, 0.29) is 140 Å². The molecule has 8 aliphatic heterocycles. The van der Waals surface area contributed by atoms with Crippen LogP contribution in [0, 0.1) is 22.7 Å². The Morgan fingerprint density at radius 2 is 0.951 bits per heavy atom. The van der Waals surface area contributed by atoms with Crippen molar-refractivity contribution in [1.82, 2.24) is 9.80 Å². The Kier molecular flexibility index (Phi) is 105. The van der Waals surface area contributed by atoms with E-state index in [1.54, 1.807) is 13.8 Å². The Hall–Kier alpha value is 0.587. The number of nitrogens with zero attached hydrogens (tertiary/aromatic N) is 6. The van der Waals surface area contributed by atoms with Crippen molar-refractivity contribution in [2.45, 2.75) is 190 Å². The number of nitrogens with two attached hydrogens (primary N) is 1. The first-order chi connectivity index (χ1) is 68.3. The Labute approximate surface area is 989 Å². The van der Waals surface area contributed by atoms with E-state index in [1.807, 2.05) is 67.6 Å². The summed E-state index contributed by atoms with van der Waals surface area (Å²) in [5.74, 6) is 5.18. The number of thioether (sulfide) groups is 1. The average Bonchev–Trinajstić information content (AvgIpc) is 0.803. The summed E-state index contributed by atoms with van der Waals surface area (Å²) in [7, 11) is 13.6. The lowest BCUT2D eigenvalue weighted by Gasteiger charge is -2.49. The zero-order chi connectivity index (χ0) is 111. The molecule has 43 heteroatoms. The molecule has 0 radical (unpaired) electrons. The summed E-state index contributed by atoms with van der Waals surface area (Å²) in [5, 5.41) is 28.9. The molecule has 1 atom stereocenters. The third kappa shape index (κ3) is 99.4. The number of benzene rings is 3. The Bertz CT molecular complexity index is 3770. The zero-order valence-corrected chi connectivity index (χ0v) is 110. The molecular formula is C101H191Br7ClN7O19S8Si. The van der Waals surface area contributed by atoms with Gasteiger partial charge in [0.1, 0.15) is 10.4 Å². The summed E-state index contributed by atoms with van der Waals surface area (Å²) >= 11 is 28.5. The van der Waals surface area contributed by atoms with Gasteiger partial charge in [-0.25, -0.2) is 0 Å². The maximum absolute atomic E-state index is 12.0. The third-order valence-electron chi connectivity index (χ3n) is 22.4. The van der Waals surface area contributed by atoms with Gasteiger partial charge in [-0.2, -0.15) is 71.2 Å². The minimum atomic E-state index is -3.35. The van der Waals surface area contributed by atoms with Gasteiger partial charge in [0.25, 0.3) is 10.1 Å². The van der Waals surface area contributed by atoms with Crippen molar-refractivity contribution in [3.63, 3.8) is 0 Å². The summed E-state index contributed by atoms with van der Waals surface area (Å²) in [4.78, 5) is 67.7. The van der Waals surface area contributed by atoms with Crippen LogP contribution in [0.4, 0.5) is 0 Å². The Morgan fingerprint density at radius 1 is 0.556 bits per heavy atom. The van der Waals surface area contributed by atoms with Crippen LogP contribution in [0.15, 0.2) is 72.8 Å². The molecule has 8 fully saturated rings. The van der Waals surface area contributed by atoms with E-state index >= 15 is 0 Å². The first kappa shape index (κ1) is 151. The van der Waals surface area contributed by atoms with Crippen molar-refractivity contribution >= 4 is 199 Å². The van der Waals surface area contributed by atoms with Crippen molar-refractivity contribution in [1.29, 1.82) is 4.50 Å². The van der Waals surface area contributed by atoms with Crippen molar-refractivity contribution in [2.24, 2.45) is 28.4 Å². The topological polar surface area (TPSA) is 304 Å². The smallest absolute Gasteiger partial charge is 0.320 e. The molecule has 8 heterocycles. The number of alkyl halides is 4. The third-order valence-corrected chi connectivity index (χ3v) is 28.2. The molecule has 4 bridgehead atoms. The maximum Gasteiger partial charge on any atom is 0.320 e. The number of quaternary nitrogens is 4. The van der Waals surface area contributed by atoms with E-state index in [4.69, 9.17) is 56.6 Å². The number of aryl methyl sites for hydroxylation is 3. The predicted molar refractivity (Wildman–Crippen MR) is 619 cm³/mol. The van der Waals surface area contributed by atoms with E-state index in [0.717, 1.165) is 201 Å². The van der Waals surface area contributed by atoms with Crippen LogP contribution in [0.25, 0.3) is 0 Å². The van der Waals surface area contributed by atoms with Gasteiger partial charge in [0.2, 0.25) is 0 Å². The molecule has 11 rings (SSSR count). The fourth-order valence-corrected chi connectivity index (χ4v) is 18.5. The zero-order valence-electron chi connectivity index (χ0n) is 95.4. The molecule has 852 valence electrons. The van der Waals surface area contributed by atoms with Crippen LogP contribution in [0.5, 0.6) is 0 Å². The number of carbonyl (C=O) groups excluding carboxylic acids is 6. The van der Waals surface area contributed by atoms with Crippen LogP contribution in [-0.4, -0.2) is 383 Å². The summed E-state index contributed by atoms with van der Waals surface area (Å²) < 4.78 is 99.3. The number of esters is 4. The molecule has 0 aromatic heterocycles. The number of halogens is 8. The first-order valence-electron chi connectivity index (χ1n) is 50.9. The molecule has 0 amide bonds. The van der Waals surface area contributed by atoms with E-state index in [9.17, 15) is 37.2 Å². The van der Waals surface area contributed by atoms with Gasteiger partial charge < -0.3 is 140 Å². The summed E-state index contributed by atoms with van der Waals surface area (Å²) in [6.45, 7) is 42.7. The largest absolute Gasteiger partial charge is 1.00 e. The van der Waals surface area contributed by atoms with E-state index in [2.05, 4.69) is 197 Å². The van der Waals surface area contributed by atoms with Gasteiger partial charge in [-0.15, -0.1) is 24.2 Å². The second-order valence-corrected chi connectivity index (χ2v) is 51.2. The fraction of sp³-hybridized carbons (Fsp3) is 0.762. The molecule has 8 aliphatic rings. The number of rotatable bonds is 44. The highest BCUT2D eigenvalue weighted by molar-refractivity contribution is 9.09. The molecule has 3 aromatic carbocycles. The van der Waals surface area contributed by atoms with Gasteiger partial charge >= 0.3 is 23.9 Å². The van der Waals surface area contributed by atoms with Crippen molar-refractivity contribution in [2.75, 3.05) is 284 Å². The standard InChI is InChI=1S/C15H31NO3SSi.C10H19NS.C10H14O3S.C10H14S.C9H17BrN.C8H11NO.C7H13NO2S.C6H15NS.C5H13BrN.C5H10O2S.C5H12O2.C4H7BrO2.C4H8O2S.C3H5ClO2.4BrH/c1-15(2,12-19-21(3,4)5)13-20-14(17)6-7-16-8-10-18-11-9-16;12-9-1-5-11-6-2-10(3-7-11)4-8-11;1-3-9-6-4-5-7-10(9)8-13-14(2,11)12;1-2-9-5-3-4-6-10(9)7-8-11;10-4-8-11-5-1-9(2-6-11)3-7-11;9-5-7-3-1-2-4-8(7)6-10;9-7(11)1-2-8-3-5-10-6-4-8;1-7(2,3)5-4-6-8;1-7(2,3)5-4-6;1-7-5(6)3-2-4-8;1-5(2,3-6)4-7;1-7-4(6)2-3-5;1-6-4(5)2-3-7;1-6-3(5)2-4;;;;/h6-13H2,1-5H3;10H,1-9H2;4-7H,3,8H2,1-2H3;3-6,11H,2,7-8H2,1H3;9H,1-8H2;1-4,10H,5-6,9H2;1-6H2,(H,9,11);4-6H2,1-3H3;4-5H2,1-3H3;8H,2-4H2,1H3;6-7H,3-4H2,1-2H3;2-3H2,1H3;7H,2-3H2,1H3;2H2,1H3;4*1H/q;;;;+1;;;;+1;;;;;;;;;/p-2/i;;;8T;;;;;;;;;;;;;;/hT4. The number of morpholine rings is 2. The fourth-order valence-electron chi connectivity index (χ4n) is 13.4. The molecule has 0 aliphatic carbocycles. The monoisotopic (exact) mass is 2690 g/mol. The van der Waals surface area contributed by atoms with Crippen molar-refractivity contribution < 1.29 is 177 Å². The minimum absolute atomic E-state index is 0. The number of aliphatic hydroxyl groups excluding tert-OH is 3. The van der Waals surface area contributed by atoms with Gasteiger partial charge in [-0.1, -0.05) is 174 Å². The van der Waals surface area contributed by atoms with E-state index in [0.29, 0.717) is 60.6 Å². The first-order valence-corrected chi connectivity index (χ1v) is 62.1. The molecule has 5 N–H and O–H groups in total. The van der Waals surface area contributed by atoms with Crippen molar-refractivity contribution in [3.05, 3.63) is 106 Å². The quantitative estimate of drug-likeness (QED) is 0.00529. The number of thiol groups is 6. The van der Waals surface area contributed by atoms with Gasteiger partial charge in [-0.3, -0.25) is 42.8 Å². The van der Waals surface area contributed by atoms with Crippen LogP contribution in [0.1, 0.15) is 166 Å². The molecule has 0 saturated carbocycles. The van der Waals surface area contributed by atoms with Gasteiger partial charge in [0.15, 0.2) is 18.5 Å². The lowest BCUT2D eigenvalue weighted by Crippen LogP contribution is -3.00. The van der Waals surface area contributed by atoms with Crippen LogP contribution < -0.4 is 73.7 Å². The number of fused-ring (bicyclic) bond motifs is 6. The number of ether oxygens (including phenoxy) is 6. The summed E-state index contributed by atoms with van der Waals surface area (Å²) in [6.07, 6.45) is 18.2. The Morgan fingerprint density at radius 3 is 1.28 bits per heavy atom. The lowest BCUT2D eigenvalue weighted by atomic mass is 9.85. The number of methoxy groups -OCH3 is 4. The highest BCUT2D eigenvalue weighted by Crippen LogP contribution is 2.35. The molecule has 3 aromatic rings. The number of hydrogen-bond donors (Lipinski definition) is 10. The maximum atomic E-state index is 12.0. The second-order valence-electron chi connectivity index (χ2n) is 38.8. The molecule has 0 spiro atoms. The van der Waals surface area contributed by atoms with Crippen LogP contribution >= 0.6 is 147 Å². The summed E-state index contributed by atoms with van der Waals surface area (Å²) in [6, 6.07) is 23.5. The highest BCUT2D eigenvalue weighted by atomic mass is 79.9. The van der Waals surface area contributed by atoms with Crippen LogP contribution in [-0.2, 0) is 115 Å². The van der Waals surface area contributed by atoms with Crippen LogP contribution in [0.3, 0.4) is 0 Å². The summed E-state index contributed by atoms with van der Waals surface area (Å²) in [5.41, 5.74) is 11.5. The van der Waals surface area contributed by atoms with E-state index < -0.39 is 24.4 Å². The number of aliphatic hydroxyl groups is 3. The average molecular weight is 2700 g/mol. The number of hydrogen-bond acceptors (Lipinski definition) is 28. The molecule has 26 nitrogen and oxygen atoms in total.